The summed E-state index contributed by atoms with van der Waals surface area (Å²) in [6.07, 6.45) is 2.79. The topological polar surface area (TPSA) is 49.9 Å². The molecule has 0 saturated heterocycles. The van der Waals surface area contributed by atoms with E-state index < -0.39 is 0 Å². The Morgan fingerprint density at radius 1 is 1.33 bits per heavy atom. The van der Waals surface area contributed by atoms with Crippen molar-refractivity contribution in [1.29, 1.82) is 5.41 Å². The summed E-state index contributed by atoms with van der Waals surface area (Å²) in [6, 6.07) is 8.13. The highest BCUT2D eigenvalue weighted by molar-refractivity contribution is 6.01. The van der Waals surface area contributed by atoms with Crippen LogP contribution in [-0.4, -0.2) is 5.84 Å². The van der Waals surface area contributed by atoms with E-state index in [4.69, 9.17) is 11.1 Å². The molecule has 0 aromatic heterocycles. The van der Waals surface area contributed by atoms with Gasteiger partial charge < -0.3 is 5.73 Å². The molecule has 0 atom stereocenters. The van der Waals surface area contributed by atoms with Crippen LogP contribution in [0.1, 0.15) is 11.1 Å². The molecule has 2 rings (SSSR count). The number of fused-ring (bicyclic) bond motifs is 1. The molecule has 0 amide bonds. The maximum atomic E-state index is 7.28. The molecule has 0 aliphatic heterocycles. The van der Waals surface area contributed by atoms with Crippen LogP contribution >= 0.6 is 0 Å². The summed E-state index contributed by atoms with van der Waals surface area (Å²) >= 11 is 0. The average molecular weight is 158 g/mol. The Labute approximate surface area is 71.2 Å². The Morgan fingerprint density at radius 3 is 2.75 bits per heavy atom. The predicted molar refractivity (Wildman–Crippen MR) is 50.0 cm³/mol. The van der Waals surface area contributed by atoms with Crippen molar-refractivity contribution in [3.05, 3.63) is 41.0 Å². The first-order chi connectivity index (χ1) is 5.77. The molecule has 2 heteroatoms. The van der Waals surface area contributed by atoms with Crippen molar-refractivity contribution in [2.75, 3.05) is 0 Å². The van der Waals surface area contributed by atoms with Crippen molar-refractivity contribution in [3.63, 3.8) is 0 Å². The SMILES string of the molecule is N=C(N)C1=Cc2ccccc2C1. The molecule has 0 heterocycles. The highest BCUT2D eigenvalue weighted by Gasteiger charge is 2.12. The van der Waals surface area contributed by atoms with Gasteiger partial charge in [0.15, 0.2) is 0 Å². The Morgan fingerprint density at radius 2 is 2.08 bits per heavy atom. The Bertz CT molecular complexity index is 364. The van der Waals surface area contributed by atoms with Crippen LogP contribution in [0.5, 0.6) is 0 Å². The van der Waals surface area contributed by atoms with Gasteiger partial charge in [-0.1, -0.05) is 24.3 Å². The second-order valence-electron chi connectivity index (χ2n) is 2.96. The van der Waals surface area contributed by atoms with Crippen molar-refractivity contribution in [2.45, 2.75) is 6.42 Å². The lowest BCUT2D eigenvalue weighted by molar-refractivity contribution is 1.24. The van der Waals surface area contributed by atoms with Gasteiger partial charge in [-0.15, -0.1) is 0 Å². The third-order valence-corrected chi connectivity index (χ3v) is 2.11. The summed E-state index contributed by atoms with van der Waals surface area (Å²) in [5, 5.41) is 7.28. The van der Waals surface area contributed by atoms with E-state index in [9.17, 15) is 0 Å². The van der Waals surface area contributed by atoms with E-state index in [1.165, 1.54) is 11.1 Å². The largest absolute Gasteiger partial charge is 0.384 e. The monoisotopic (exact) mass is 158 g/mol. The fourth-order valence-electron chi connectivity index (χ4n) is 1.45. The quantitative estimate of drug-likeness (QED) is 0.473. The summed E-state index contributed by atoms with van der Waals surface area (Å²) in [4.78, 5) is 0. The van der Waals surface area contributed by atoms with Crippen LogP contribution in [-0.2, 0) is 6.42 Å². The fourth-order valence-corrected chi connectivity index (χ4v) is 1.45. The van der Waals surface area contributed by atoms with Gasteiger partial charge in [0.25, 0.3) is 0 Å². The summed E-state index contributed by atoms with van der Waals surface area (Å²) in [7, 11) is 0. The zero-order valence-corrected chi connectivity index (χ0v) is 6.67. The van der Waals surface area contributed by atoms with Crippen molar-refractivity contribution in [3.8, 4) is 0 Å². The van der Waals surface area contributed by atoms with Crippen LogP contribution in [0, 0.1) is 5.41 Å². The summed E-state index contributed by atoms with van der Waals surface area (Å²) in [6.45, 7) is 0. The third kappa shape index (κ3) is 1.01. The first-order valence-corrected chi connectivity index (χ1v) is 3.90. The minimum Gasteiger partial charge on any atom is -0.384 e. The Balaban J connectivity index is 2.41. The lowest BCUT2D eigenvalue weighted by atomic mass is 10.1. The molecule has 3 N–H and O–H groups in total. The van der Waals surface area contributed by atoms with Crippen LogP contribution in [0.25, 0.3) is 6.08 Å². The van der Waals surface area contributed by atoms with Gasteiger partial charge in [-0.2, -0.15) is 0 Å². The van der Waals surface area contributed by atoms with Gasteiger partial charge in [0.2, 0.25) is 0 Å². The molecular formula is C10H10N2. The van der Waals surface area contributed by atoms with Crippen LogP contribution in [0.4, 0.5) is 0 Å². The first kappa shape index (κ1) is 7.10. The molecule has 1 aliphatic carbocycles. The molecule has 0 bridgehead atoms. The molecular weight excluding hydrogens is 148 g/mol. The van der Waals surface area contributed by atoms with E-state index in [2.05, 4.69) is 6.07 Å². The molecule has 0 spiro atoms. The van der Waals surface area contributed by atoms with Gasteiger partial charge in [0.1, 0.15) is 5.84 Å². The number of hydrogen-bond donors (Lipinski definition) is 2. The highest BCUT2D eigenvalue weighted by Crippen LogP contribution is 2.23. The van der Waals surface area contributed by atoms with Crippen LogP contribution in [0.2, 0.25) is 0 Å². The van der Waals surface area contributed by atoms with Gasteiger partial charge in [-0.05, 0) is 22.8 Å². The number of hydrogen-bond acceptors (Lipinski definition) is 1. The maximum Gasteiger partial charge on any atom is 0.118 e. The molecule has 2 nitrogen and oxygen atoms in total. The van der Waals surface area contributed by atoms with Crippen molar-refractivity contribution in [1.82, 2.24) is 0 Å². The molecule has 0 radical (unpaired) electrons. The van der Waals surface area contributed by atoms with E-state index in [0.29, 0.717) is 0 Å². The number of benzene rings is 1. The number of rotatable bonds is 1. The van der Waals surface area contributed by atoms with Gasteiger partial charge >= 0.3 is 0 Å². The second-order valence-corrected chi connectivity index (χ2v) is 2.96. The number of nitrogens with two attached hydrogens (primary N) is 1. The standard InChI is InChI=1S/C10H10N2/c11-10(12)9-5-7-3-1-2-4-8(7)6-9/h1-5H,6H2,(H3,11,12). The van der Waals surface area contributed by atoms with Crippen LogP contribution in [0.15, 0.2) is 29.8 Å². The normalized spacial score (nSPS) is 13.8. The van der Waals surface area contributed by atoms with Gasteiger partial charge in [-0.25, -0.2) is 0 Å². The van der Waals surface area contributed by atoms with Crippen LogP contribution < -0.4 is 5.73 Å². The lowest BCUT2D eigenvalue weighted by Crippen LogP contribution is -2.12. The Hall–Kier alpha value is -1.57. The third-order valence-electron chi connectivity index (χ3n) is 2.11. The maximum absolute atomic E-state index is 7.28. The average Bonchev–Trinajstić information content (AvgIpc) is 2.46. The highest BCUT2D eigenvalue weighted by atomic mass is 14.7. The molecule has 0 fully saturated rings. The molecule has 1 aromatic rings. The summed E-state index contributed by atoms with van der Waals surface area (Å²) in [5.41, 5.74) is 8.78. The molecule has 0 unspecified atom stereocenters. The molecule has 12 heavy (non-hydrogen) atoms. The van der Waals surface area contributed by atoms with Crippen molar-refractivity contribution >= 4 is 11.9 Å². The lowest BCUT2D eigenvalue weighted by Gasteiger charge is -1.96. The van der Waals surface area contributed by atoms with Crippen molar-refractivity contribution in [2.24, 2.45) is 5.73 Å². The summed E-state index contributed by atoms with van der Waals surface area (Å²) < 4.78 is 0. The fraction of sp³-hybridized carbons (Fsp3) is 0.100. The van der Waals surface area contributed by atoms with E-state index in [-0.39, 0.29) is 5.84 Å². The van der Waals surface area contributed by atoms with Crippen LogP contribution in [0.3, 0.4) is 0 Å². The van der Waals surface area contributed by atoms with E-state index in [0.717, 1.165) is 12.0 Å². The molecule has 1 aromatic carbocycles. The number of nitrogens with one attached hydrogen (secondary N) is 1. The van der Waals surface area contributed by atoms with E-state index in [1.54, 1.807) is 0 Å². The van der Waals surface area contributed by atoms with Crippen molar-refractivity contribution < 1.29 is 0 Å². The zero-order chi connectivity index (χ0) is 8.55. The summed E-state index contributed by atoms with van der Waals surface area (Å²) in [5.74, 6) is 0.186. The van der Waals surface area contributed by atoms with Gasteiger partial charge in [0, 0.05) is 6.42 Å². The molecule has 1 aliphatic rings. The minimum absolute atomic E-state index is 0.186. The first-order valence-electron chi connectivity index (χ1n) is 3.90. The zero-order valence-electron chi connectivity index (χ0n) is 6.67. The van der Waals surface area contributed by atoms with E-state index in [1.807, 2.05) is 24.3 Å². The Kier molecular flexibility index (Phi) is 1.47. The van der Waals surface area contributed by atoms with Gasteiger partial charge in [-0.3, -0.25) is 5.41 Å². The smallest absolute Gasteiger partial charge is 0.118 e. The second kappa shape index (κ2) is 2.48. The number of amidine groups is 1. The van der Waals surface area contributed by atoms with E-state index >= 15 is 0 Å². The minimum atomic E-state index is 0.186. The molecule has 0 saturated carbocycles. The predicted octanol–water partition coefficient (Wildman–Crippen LogP) is 1.56. The molecule has 60 valence electrons. The van der Waals surface area contributed by atoms with Gasteiger partial charge in [0.05, 0.1) is 0 Å².